The summed E-state index contributed by atoms with van der Waals surface area (Å²) in [4.78, 5) is 15.4. The Morgan fingerprint density at radius 3 is 2.76 bits per heavy atom. The lowest BCUT2D eigenvalue weighted by Crippen LogP contribution is -2.14. The number of hydrogen-bond donors (Lipinski definition) is 1. The van der Waals surface area contributed by atoms with Crippen molar-refractivity contribution in [1.82, 2.24) is 14.8 Å². The number of rotatable bonds is 7. The number of nitrogens with zero attached hydrogens (tertiary/aromatic N) is 4. The van der Waals surface area contributed by atoms with Crippen LogP contribution in [-0.4, -0.2) is 26.4 Å². The van der Waals surface area contributed by atoms with E-state index in [-0.39, 0.29) is 11.7 Å². The molecule has 0 saturated heterocycles. The van der Waals surface area contributed by atoms with Gasteiger partial charge in [0.1, 0.15) is 11.1 Å². The van der Waals surface area contributed by atoms with E-state index in [1.165, 1.54) is 34.4 Å². The van der Waals surface area contributed by atoms with E-state index in [1.54, 1.807) is 22.7 Å². The molecule has 4 rings (SSSR count). The van der Waals surface area contributed by atoms with Crippen LogP contribution in [0.5, 0.6) is 0 Å². The zero-order chi connectivity index (χ0) is 23.4. The SMILES string of the molecule is CCn1c(SCC(=O)Nc2sc3c(c2C#N)CCCCCC3)nnc1-c1csc(C(C)C)c1. The third-order valence-corrected chi connectivity index (χ3v) is 9.26. The predicted molar refractivity (Wildman–Crippen MR) is 137 cm³/mol. The van der Waals surface area contributed by atoms with Crippen LogP contribution in [0.4, 0.5) is 5.00 Å². The summed E-state index contributed by atoms with van der Waals surface area (Å²) in [6.07, 6.45) is 6.65. The van der Waals surface area contributed by atoms with Crippen LogP contribution >= 0.6 is 34.4 Å². The Bertz CT molecular complexity index is 1170. The van der Waals surface area contributed by atoms with Crippen molar-refractivity contribution >= 4 is 45.3 Å². The van der Waals surface area contributed by atoms with Crippen LogP contribution in [0, 0.1) is 11.3 Å². The van der Waals surface area contributed by atoms with E-state index >= 15 is 0 Å². The maximum absolute atomic E-state index is 12.8. The van der Waals surface area contributed by atoms with Gasteiger partial charge in [-0.1, -0.05) is 38.5 Å². The number of nitriles is 1. The highest BCUT2D eigenvalue weighted by molar-refractivity contribution is 7.99. The zero-order valence-electron chi connectivity index (χ0n) is 19.3. The first-order valence-electron chi connectivity index (χ1n) is 11.5. The maximum Gasteiger partial charge on any atom is 0.235 e. The van der Waals surface area contributed by atoms with E-state index < -0.39 is 0 Å². The molecule has 174 valence electrons. The molecule has 0 atom stereocenters. The van der Waals surface area contributed by atoms with Gasteiger partial charge in [-0.2, -0.15) is 5.26 Å². The molecule has 0 aromatic carbocycles. The van der Waals surface area contributed by atoms with Crippen LogP contribution in [0.3, 0.4) is 0 Å². The molecule has 3 aromatic rings. The van der Waals surface area contributed by atoms with Gasteiger partial charge >= 0.3 is 0 Å². The lowest BCUT2D eigenvalue weighted by Gasteiger charge is -2.08. The van der Waals surface area contributed by atoms with Gasteiger partial charge in [-0.15, -0.1) is 32.9 Å². The highest BCUT2D eigenvalue weighted by Crippen LogP contribution is 2.37. The normalized spacial score (nSPS) is 13.9. The Balaban J connectivity index is 1.45. The quantitative estimate of drug-likeness (QED) is 0.377. The summed E-state index contributed by atoms with van der Waals surface area (Å²) in [7, 11) is 0. The fourth-order valence-electron chi connectivity index (χ4n) is 4.09. The summed E-state index contributed by atoms with van der Waals surface area (Å²) < 4.78 is 2.06. The second-order valence-corrected chi connectivity index (χ2v) is 11.5. The summed E-state index contributed by atoms with van der Waals surface area (Å²) in [6.45, 7) is 7.17. The van der Waals surface area contributed by atoms with Crippen molar-refractivity contribution in [2.24, 2.45) is 0 Å². The number of amides is 1. The third kappa shape index (κ3) is 5.34. The molecule has 0 radical (unpaired) electrons. The largest absolute Gasteiger partial charge is 0.316 e. The van der Waals surface area contributed by atoms with Gasteiger partial charge in [0.15, 0.2) is 11.0 Å². The molecule has 0 saturated carbocycles. The summed E-state index contributed by atoms with van der Waals surface area (Å²) in [5.74, 6) is 1.44. The monoisotopic (exact) mass is 499 g/mol. The summed E-state index contributed by atoms with van der Waals surface area (Å²) in [5.41, 5.74) is 2.88. The van der Waals surface area contributed by atoms with Gasteiger partial charge in [-0.25, -0.2) is 0 Å². The first kappa shape index (κ1) is 24.0. The van der Waals surface area contributed by atoms with E-state index in [2.05, 4.69) is 58.4 Å². The number of thiophene rings is 2. The lowest BCUT2D eigenvalue weighted by molar-refractivity contribution is -0.113. The number of anilines is 1. The molecule has 1 aliphatic carbocycles. The minimum atomic E-state index is -0.115. The Morgan fingerprint density at radius 2 is 2.06 bits per heavy atom. The number of fused-ring (bicyclic) bond motifs is 1. The van der Waals surface area contributed by atoms with Crippen molar-refractivity contribution in [3.8, 4) is 17.5 Å². The number of carbonyl (C=O) groups excluding carboxylic acids is 1. The minimum Gasteiger partial charge on any atom is -0.316 e. The maximum atomic E-state index is 12.8. The Morgan fingerprint density at radius 1 is 1.27 bits per heavy atom. The van der Waals surface area contributed by atoms with Crippen molar-refractivity contribution in [3.63, 3.8) is 0 Å². The molecule has 3 aromatic heterocycles. The fraction of sp³-hybridized carbons (Fsp3) is 0.500. The topological polar surface area (TPSA) is 83.6 Å². The molecule has 0 aliphatic heterocycles. The molecule has 33 heavy (non-hydrogen) atoms. The molecular formula is C24H29N5OS3. The molecular weight excluding hydrogens is 470 g/mol. The standard InChI is InChI=1S/C24H29N5OS3/c1-4-29-22(16-11-20(15(2)3)31-13-16)27-28-24(29)32-14-21(30)26-23-18(12-25)17-9-7-5-6-8-10-19(17)33-23/h11,13,15H,4-10,14H2,1-3H3,(H,26,30). The summed E-state index contributed by atoms with van der Waals surface area (Å²) >= 11 is 4.70. The molecule has 0 fully saturated rings. The first-order valence-corrected chi connectivity index (χ1v) is 14.2. The average molecular weight is 500 g/mol. The minimum absolute atomic E-state index is 0.115. The van der Waals surface area contributed by atoms with E-state index in [9.17, 15) is 10.1 Å². The van der Waals surface area contributed by atoms with Crippen molar-refractivity contribution < 1.29 is 4.79 Å². The van der Waals surface area contributed by atoms with Crippen molar-refractivity contribution in [2.75, 3.05) is 11.1 Å². The van der Waals surface area contributed by atoms with Crippen LogP contribution in [-0.2, 0) is 24.2 Å². The van der Waals surface area contributed by atoms with Crippen molar-refractivity contribution in [2.45, 2.75) is 76.9 Å². The molecule has 6 nitrogen and oxygen atoms in total. The molecule has 1 amide bonds. The predicted octanol–water partition coefficient (Wildman–Crippen LogP) is 6.47. The molecule has 3 heterocycles. The molecule has 0 spiro atoms. The van der Waals surface area contributed by atoms with E-state index in [4.69, 9.17) is 0 Å². The van der Waals surface area contributed by atoms with Crippen LogP contribution in [0.15, 0.2) is 16.6 Å². The zero-order valence-corrected chi connectivity index (χ0v) is 21.8. The van der Waals surface area contributed by atoms with Gasteiger partial charge in [-0.05, 0) is 50.2 Å². The van der Waals surface area contributed by atoms with Crippen LogP contribution < -0.4 is 5.32 Å². The van der Waals surface area contributed by atoms with Gasteiger partial charge < -0.3 is 9.88 Å². The molecule has 0 bridgehead atoms. The Labute approximate surface area is 207 Å². The number of carbonyl (C=O) groups is 1. The number of aromatic nitrogens is 3. The summed E-state index contributed by atoms with van der Waals surface area (Å²) in [6, 6.07) is 4.52. The van der Waals surface area contributed by atoms with Gasteiger partial charge in [0, 0.05) is 27.2 Å². The number of hydrogen-bond acceptors (Lipinski definition) is 7. The molecule has 9 heteroatoms. The van der Waals surface area contributed by atoms with E-state index in [0.717, 1.165) is 54.3 Å². The fourth-order valence-corrected chi connectivity index (χ4v) is 7.05. The highest BCUT2D eigenvalue weighted by Gasteiger charge is 2.21. The molecule has 1 N–H and O–H groups in total. The Hall–Kier alpha value is -2.15. The van der Waals surface area contributed by atoms with Gasteiger partial charge in [0.05, 0.1) is 11.3 Å². The highest BCUT2D eigenvalue weighted by atomic mass is 32.2. The van der Waals surface area contributed by atoms with Crippen LogP contribution in [0.25, 0.3) is 11.4 Å². The second kappa shape index (κ2) is 10.9. The Kier molecular flexibility index (Phi) is 7.89. The van der Waals surface area contributed by atoms with E-state index in [1.807, 2.05) is 0 Å². The smallest absolute Gasteiger partial charge is 0.235 e. The third-order valence-electron chi connectivity index (χ3n) is 5.85. The molecule has 1 aliphatic rings. The van der Waals surface area contributed by atoms with Crippen molar-refractivity contribution in [3.05, 3.63) is 32.3 Å². The van der Waals surface area contributed by atoms with Gasteiger partial charge in [0.25, 0.3) is 0 Å². The lowest BCUT2D eigenvalue weighted by atomic mass is 9.97. The number of nitrogens with one attached hydrogen (secondary N) is 1. The van der Waals surface area contributed by atoms with Crippen LogP contribution in [0.2, 0.25) is 0 Å². The average Bonchev–Trinajstić information content (AvgIpc) is 3.49. The number of aryl methyl sites for hydroxylation is 1. The summed E-state index contributed by atoms with van der Waals surface area (Å²) in [5, 5.41) is 25.1. The van der Waals surface area contributed by atoms with Crippen LogP contribution in [0.1, 0.15) is 73.3 Å². The van der Waals surface area contributed by atoms with Crippen molar-refractivity contribution in [1.29, 1.82) is 5.26 Å². The first-order chi connectivity index (χ1) is 16.0. The van der Waals surface area contributed by atoms with Gasteiger partial charge in [-0.3, -0.25) is 4.79 Å². The molecule has 0 unspecified atom stereocenters. The van der Waals surface area contributed by atoms with E-state index in [0.29, 0.717) is 16.5 Å². The second-order valence-electron chi connectivity index (χ2n) is 8.51. The van der Waals surface area contributed by atoms with Gasteiger partial charge in [0.2, 0.25) is 5.91 Å². The number of thioether (sulfide) groups is 1.